The Balaban J connectivity index is 1.59. The Morgan fingerprint density at radius 2 is 2.13 bits per heavy atom. The van der Waals surface area contributed by atoms with E-state index in [4.69, 9.17) is 0 Å². The van der Waals surface area contributed by atoms with Crippen LogP contribution >= 0.6 is 11.3 Å². The number of rotatable bonds is 5. The van der Waals surface area contributed by atoms with Crippen molar-refractivity contribution in [3.8, 4) is 11.3 Å². The molecule has 1 saturated carbocycles. The second kappa shape index (κ2) is 6.76. The summed E-state index contributed by atoms with van der Waals surface area (Å²) in [5, 5.41) is 1.87. The molecule has 0 aliphatic heterocycles. The van der Waals surface area contributed by atoms with Crippen LogP contribution in [-0.2, 0) is 0 Å². The number of para-hydroxylation sites is 1. The molecule has 10 heteroatoms. The molecule has 1 fully saturated rings. The molecule has 1 unspecified atom stereocenters. The summed E-state index contributed by atoms with van der Waals surface area (Å²) in [6, 6.07) is 7.53. The molecule has 3 aromatic heterocycles. The molecule has 1 atom stereocenters. The third kappa shape index (κ3) is 2.94. The first kappa shape index (κ1) is 19.0. The predicted molar refractivity (Wildman–Crippen MR) is 106 cm³/mol. The Labute approximate surface area is 172 Å². The zero-order valence-electron chi connectivity index (χ0n) is 15.8. The van der Waals surface area contributed by atoms with E-state index in [1.54, 1.807) is 9.91 Å². The van der Waals surface area contributed by atoms with Crippen LogP contribution < -0.4 is 5.32 Å². The highest BCUT2D eigenvalue weighted by Crippen LogP contribution is 2.44. The number of carbonyl (C=O) groups excluding carboxylic acids is 1. The summed E-state index contributed by atoms with van der Waals surface area (Å²) in [6.45, 7) is 1.81. The van der Waals surface area contributed by atoms with E-state index in [0.717, 1.165) is 21.5 Å². The van der Waals surface area contributed by atoms with Crippen LogP contribution in [0.25, 0.3) is 27.1 Å². The molecule has 0 saturated heterocycles. The first-order valence-corrected chi connectivity index (χ1v) is 10.2. The number of halogens is 3. The second-order valence-electron chi connectivity index (χ2n) is 7.37. The van der Waals surface area contributed by atoms with E-state index < -0.39 is 24.0 Å². The number of nitrogens with one attached hydrogen (secondary N) is 1. The molecule has 0 spiro atoms. The van der Waals surface area contributed by atoms with Crippen molar-refractivity contribution in [1.82, 2.24) is 24.7 Å². The lowest BCUT2D eigenvalue weighted by atomic mass is 10.1. The Bertz CT molecular complexity index is 1280. The molecule has 1 amide bonds. The van der Waals surface area contributed by atoms with Crippen molar-refractivity contribution in [3.05, 3.63) is 47.5 Å². The summed E-state index contributed by atoms with van der Waals surface area (Å²) in [5.74, 6) is -4.96. The topological polar surface area (TPSA) is 72.2 Å². The number of thiazole rings is 1. The van der Waals surface area contributed by atoms with E-state index in [9.17, 15) is 18.0 Å². The minimum Gasteiger partial charge on any atom is -0.313 e. The van der Waals surface area contributed by atoms with Crippen LogP contribution in [0.1, 0.15) is 29.0 Å². The van der Waals surface area contributed by atoms with Gasteiger partial charge in [0.25, 0.3) is 12.3 Å². The summed E-state index contributed by atoms with van der Waals surface area (Å²) in [4.78, 5) is 25.7. The number of fused-ring (bicyclic) bond motifs is 2. The van der Waals surface area contributed by atoms with Crippen LogP contribution in [-0.4, -0.2) is 37.5 Å². The molecule has 154 valence electrons. The number of imidazole rings is 1. The van der Waals surface area contributed by atoms with Crippen LogP contribution in [0, 0.1) is 12.8 Å². The number of benzene rings is 1. The van der Waals surface area contributed by atoms with Crippen molar-refractivity contribution < 1.29 is 18.0 Å². The molecule has 1 aliphatic carbocycles. The first-order chi connectivity index (χ1) is 14.4. The van der Waals surface area contributed by atoms with Gasteiger partial charge in [-0.15, -0.1) is 11.3 Å². The van der Waals surface area contributed by atoms with Crippen molar-refractivity contribution in [3.63, 3.8) is 0 Å². The number of aryl methyl sites for hydroxylation is 1. The van der Waals surface area contributed by atoms with E-state index in [-0.39, 0.29) is 11.3 Å². The maximum absolute atomic E-state index is 14.8. The maximum atomic E-state index is 14.8. The molecule has 1 aliphatic rings. The number of alkyl halides is 3. The van der Waals surface area contributed by atoms with Crippen LogP contribution in [0.4, 0.5) is 13.2 Å². The van der Waals surface area contributed by atoms with Crippen molar-refractivity contribution in [2.45, 2.75) is 32.0 Å². The fourth-order valence-corrected chi connectivity index (χ4v) is 4.29. The molecule has 5 rings (SSSR count). The number of amides is 1. The zero-order chi connectivity index (χ0) is 21.0. The summed E-state index contributed by atoms with van der Waals surface area (Å²) < 4.78 is 44.0. The third-order valence-corrected chi connectivity index (χ3v) is 6.13. The molecule has 4 aromatic rings. The molecule has 1 N–H and O–H groups in total. The molecular weight excluding hydrogens is 415 g/mol. The largest absolute Gasteiger partial charge is 0.313 e. The van der Waals surface area contributed by atoms with Gasteiger partial charge in [0, 0.05) is 17.2 Å². The maximum Gasteiger partial charge on any atom is 0.290 e. The Morgan fingerprint density at radius 1 is 1.33 bits per heavy atom. The molecule has 30 heavy (non-hydrogen) atoms. The fourth-order valence-electron chi connectivity index (χ4n) is 3.58. The molecule has 0 bridgehead atoms. The van der Waals surface area contributed by atoms with Gasteiger partial charge in [-0.25, -0.2) is 28.1 Å². The highest BCUT2D eigenvalue weighted by atomic mass is 32.1. The Morgan fingerprint density at radius 3 is 2.87 bits per heavy atom. The lowest BCUT2D eigenvalue weighted by Gasteiger charge is -2.25. The summed E-state index contributed by atoms with van der Waals surface area (Å²) >= 11 is 1.50. The fraction of sp³-hybridized carbons (Fsp3) is 0.300. The normalized spacial score (nSPS) is 16.3. The van der Waals surface area contributed by atoms with Gasteiger partial charge in [0.2, 0.25) is 5.79 Å². The van der Waals surface area contributed by atoms with Crippen molar-refractivity contribution in [1.29, 1.82) is 0 Å². The number of hydrogen-bond donors (Lipinski definition) is 1. The smallest absolute Gasteiger partial charge is 0.290 e. The van der Waals surface area contributed by atoms with Gasteiger partial charge >= 0.3 is 0 Å². The van der Waals surface area contributed by atoms with Gasteiger partial charge in [0.1, 0.15) is 6.33 Å². The highest BCUT2D eigenvalue weighted by molar-refractivity contribution is 7.16. The summed E-state index contributed by atoms with van der Waals surface area (Å²) in [6.07, 6.45) is -1.33. The summed E-state index contributed by atoms with van der Waals surface area (Å²) in [7, 11) is 0. The summed E-state index contributed by atoms with van der Waals surface area (Å²) in [5.41, 5.74) is 4.55. The van der Waals surface area contributed by atoms with E-state index in [2.05, 4.69) is 15.0 Å². The number of nitrogens with zero attached hydrogens (tertiary/aromatic N) is 4. The molecule has 0 radical (unpaired) electrons. The van der Waals surface area contributed by atoms with Gasteiger partial charge in [-0.3, -0.25) is 9.20 Å². The Kier molecular flexibility index (Phi) is 4.28. The van der Waals surface area contributed by atoms with E-state index in [1.165, 1.54) is 17.7 Å². The van der Waals surface area contributed by atoms with Crippen molar-refractivity contribution >= 4 is 33.1 Å². The Hall–Kier alpha value is -3.01. The zero-order valence-corrected chi connectivity index (χ0v) is 16.6. The minimum absolute atomic E-state index is 0.169. The van der Waals surface area contributed by atoms with Gasteiger partial charge in [0.05, 0.1) is 21.4 Å². The van der Waals surface area contributed by atoms with Crippen LogP contribution in [0.15, 0.2) is 36.1 Å². The average Bonchev–Trinajstić information content (AvgIpc) is 3.31. The van der Waals surface area contributed by atoms with Crippen LogP contribution in [0.5, 0.6) is 0 Å². The molecule has 1 aromatic carbocycles. The number of carbonyl (C=O) groups is 1. The average molecular weight is 431 g/mol. The number of aromatic nitrogens is 4. The third-order valence-electron chi connectivity index (χ3n) is 5.34. The van der Waals surface area contributed by atoms with Crippen LogP contribution in [0.2, 0.25) is 0 Å². The lowest BCUT2D eigenvalue weighted by molar-refractivity contribution is -0.0671. The minimum atomic E-state index is -3.32. The molecule has 6 nitrogen and oxygen atoms in total. The van der Waals surface area contributed by atoms with Crippen LogP contribution in [0.3, 0.4) is 0 Å². The number of hydrogen-bond acceptors (Lipinski definition) is 5. The second-order valence-corrected chi connectivity index (χ2v) is 8.26. The van der Waals surface area contributed by atoms with E-state index in [0.29, 0.717) is 18.5 Å². The van der Waals surface area contributed by atoms with Gasteiger partial charge < -0.3 is 5.32 Å². The molecule has 3 heterocycles. The van der Waals surface area contributed by atoms with Gasteiger partial charge in [-0.1, -0.05) is 12.1 Å². The predicted octanol–water partition coefficient (Wildman–Crippen LogP) is 4.39. The van der Waals surface area contributed by atoms with Gasteiger partial charge in [0.15, 0.2) is 11.3 Å². The van der Waals surface area contributed by atoms with E-state index in [1.807, 2.05) is 36.5 Å². The standard InChI is InChI=1S/C20H16F3N5OS/c1-10-7-13(12-3-2-4-14-15(12)25-9-30-14)26-17-16(24-8-28(10)17)18(29)27-20(23,19(21)22)11-5-6-11/h2-4,7-9,11,19H,5-6H2,1H3,(H,27,29). The van der Waals surface area contributed by atoms with Gasteiger partial charge in [-0.2, -0.15) is 0 Å². The van der Waals surface area contributed by atoms with Crippen molar-refractivity contribution in [2.75, 3.05) is 0 Å². The monoisotopic (exact) mass is 431 g/mol. The molecular formula is C20H16F3N5OS. The quantitative estimate of drug-likeness (QED) is 0.476. The van der Waals surface area contributed by atoms with Crippen molar-refractivity contribution in [2.24, 2.45) is 5.92 Å². The highest BCUT2D eigenvalue weighted by Gasteiger charge is 2.54. The first-order valence-electron chi connectivity index (χ1n) is 9.35. The van der Waals surface area contributed by atoms with E-state index >= 15 is 0 Å². The van der Waals surface area contributed by atoms with Gasteiger partial charge in [-0.05, 0) is 31.9 Å². The lowest BCUT2D eigenvalue weighted by Crippen LogP contribution is -2.52. The SMILES string of the molecule is Cc1cc(-c2cccc3scnc23)nc2c(C(=O)NC(F)(C(F)F)C3CC3)ncn12.